The zero-order chi connectivity index (χ0) is 16.8. The number of benzene rings is 2. The second-order valence-electron chi connectivity index (χ2n) is 5.24. The molecule has 0 spiro atoms. The minimum Gasteiger partial charge on any atom is -0.352 e. The average molecular weight is 339 g/mol. The van der Waals surface area contributed by atoms with Crippen molar-refractivity contribution in [1.82, 2.24) is 25.9 Å². The van der Waals surface area contributed by atoms with Crippen LogP contribution in [0.4, 0.5) is 0 Å². The Labute approximate surface area is 144 Å². The topological polar surface area (TPSA) is 83.6 Å². The number of carbonyl (C=O) groups excluding carboxylic acids is 1. The van der Waals surface area contributed by atoms with Crippen molar-refractivity contribution < 1.29 is 4.79 Å². The van der Waals surface area contributed by atoms with E-state index < -0.39 is 0 Å². The number of aromatic amines is 1. The second-order valence-corrected chi connectivity index (χ2v) is 6.12. The smallest absolute Gasteiger partial charge is 0.224 e. The van der Waals surface area contributed by atoms with Crippen molar-refractivity contribution in [1.29, 1.82) is 0 Å². The van der Waals surface area contributed by atoms with E-state index in [1.54, 1.807) is 11.8 Å². The quantitative estimate of drug-likeness (QED) is 0.674. The van der Waals surface area contributed by atoms with Gasteiger partial charge in [-0.05, 0) is 40.8 Å². The van der Waals surface area contributed by atoms with Crippen LogP contribution in [0, 0.1) is 0 Å². The minimum absolute atomic E-state index is 0.00290. The highest BCUT2D eigenvalue weighted by atomic mass is 32.2. The lowest BCUT2D eigenvalue weighted by Gasteiger charge is -2.07. The van der Waals surface area contributed by atoms with Gasteiger partial charge in [0.1, 0.15) is 0 Å². The molecule has 0 saturated carbocycles. The summed E-state index contributed by atoms with van der Waals surface area (Å²) in [6.07, 6.45) is 2.41. The summed E-state index contributed by atoms with van der Waals surface area (Å²) in [5.41, 5.74) is 2.86. The van der Waals surface area contributed by atoms with Gasteiger partial charge in [-0.3, -0.25) is 4.79 Å². The van der Waals surface area contributed by atoms with Crippen LogP contribution in [0.1, 0.15) is 11.1 Å². The number of rotatable bonds is 6. The fourth-order valence-corrected chi connectivity index (χ4v) is 2.70. The molecule has 7 heteroatoms. The summed E-state index contributed by atoms with van der Waals surface area (Å²) < 4.78 is 0. The van der Waals surface area contributed by atoms with Crippen molar-refractivity contribution >= 4 is 17.7 Å². The summed E-state index contributed by atoms with van der Waals surface area (Å²) in [7, 11) is 0. The number of hydrogen-bond donors (Lipinski definition) is 2. The van der Waals surface area contributed by atoms with E-state index in [0.717, 1.165) is 16.7 Å². The molecule has 3 rings (SSSR count). The molecule has 0 aliphatic rings. The number of thioether (sulfide) groups is 1. The first-order chi connectivity index (χ1) is 11.7. The van der Waals surface area contributed by atoms with Gasteiger partial charge in [-0.15, -0.1) is 22.0 Å². The Morgan fingerprint density at radius 3 is 2.71 bits per heavy atom. The monoisotopic (exact) mass is 339 g/mol. The lowest BCUT2D eigenvalue weighted by atomic mass is 10.1. The van der Waals surface area contributed by atoms with Crippen molar-refractivity contribution in [3.8, 4) is 11.4 Å². The van der Waals surface area contributed by atoms with Gasteiger partial charge in [0.05, 0.1) is 6.42 Å². The highest BCUT2D eigenvalue weighted by molar-refractivity contribution is 7.98. The summed E-state index contributed by atoms with van der Waals surface area (Å²) >= 11 is 1.69. The zero-order valence-electron chi connectivity index (χ0n) is 13.2. The summed E-state index contributed by atoms with van der Waals surface area (Å²) in [6.45, 7) is 0.466. The molecule has 1 amide bonds. The van der Waals surface area contributed by atoms with Crippen molar-refractivity contribution in [2.75, 3.05) is 6.26 Å². The molecule has 0 aliphatic heterocycles. The van der Waals surface area contributed by atoms with Gasteiger partial charge in [-0.25, -0.2) is 0 Å². The van der Waals surface area contributed by atoms with Crippen LogP contribution in [0.5, 0.6) is 0 Å². The fraction of sp³-hybridized carbons (Fsp3) is 0.176. The van der Waals surface area contributed by atoms with Gasteiger partial charge in [0.25, 0.3) is 0 Å². The molecule has 6 nitrogen and oxygen atoms in total. The first kappa shape index (κ1) is 16.2. The highest BCUT2D eigenvalue weighted by Gasteiger charge is 2.06. The van der Waals surface area contributed by atoms with Crippen LogP contribution in [-0.2, 0) is 17.8 Å². The van der Waals surface area contributed by atoms with E-state index in [4.69, 9.17) is 0 Å². The van der Waals surface area contributed by atoms with E-state index in [0.29, 0.717) is 18.8 Å². The third kappa shape index (κ3) is 4.20. The van der Waals surface area contributed by atoms with Gasteiger partial charge in [-0.2, -0.15) is 5.21 Å². The number of aromatic nitrogens is 4. The molecule has 0 fully saturated rings. The molecule has 1 heterocycles. The molecule has 3 aromatic rings. The molecule has 0 aliphatic carbocycles. The van der Waals surface area contributed by atoms with E-state index in [1.807, 2.05) is 54.8 Å². The Hall–Kier alpha value is -2.67. The number of H-pyrrole nitrogens is 1. The fourth-order valence-electron chi connectivity index (χ4n) is 2.30. The third-order valence-corrected chi connectivity index (χ3v) is 4.29. The number of nitrogens with zero attached hydrogens (tertiary/aromatic N) is 3. The standard InChI is InChI=1S/C17H17N5OS/c1-24-15-7-5-12(6-8-15)10-16(23)18-11-13-3-2-4-14(9-13)17-19-21-22-20-17/h2-9H,10-11H2,1H3,(H,18,23)(H,19,20,21,22). The molecule has 2 N–H and O–H groups in total. The van der Waals surface area contributed by atoms with Crippen LogP contribution >= 0.6 is 11.8 Å². The number of tetrazole rings is 1. The first-order valence-electron chi connectivity index (χ1n) is 7.47. The average Bonchev–Trinajstić information content (AvgIpc) is 3.16. The Kier molecular flexibility index (Phi) is 5.22. The molecule has 0 bridgehead atoms. The van der Waals surface area contributed by atoms with Gasteiger partial charge in [0, 0.05) is 17.0 Å². The van der Waals surface area contributed by atoms with E-state index in [9.17, 15) is 4.79 Å². The van der Waals surface area contributed by atoms with Crippen LogP contribution in [0.25, 0.3) is 11.4 Å². The number of amides is 1. The SMILES string of the molecule is CSc1ccc(CC(=O)NCc2cccc(-c3nn[nH]n3)c2)cc1. The molecule has 0 unspecified atom stereocenters. The Bertz CT molecular complexity index is 802. The van der Waals surface area contributed by atoms with Crippen LogP contribution in [0.3, 0.4) is 0 Å². The second kappa shape index (κ2) is 7.74. The van der Waals surface area contributed by atoms with Crippen LogP contribution in [-0.4, -0.2) is 32.8 Å². The summed E-state index contributed by atoms with van der Waals surface area (Å²) in [5.74, 6) is 0.536. The molecule has 2 aromatic carbocycles. The summed E-state index contributed by atoms with van der Waals surface area (Å²) in [5, 5.41) is 16.8. The third-order valence-electron chi connectivity index (χ3n) is 3.54. The molecule has 0 saturated heterocycles. The van der Waals surface area contributed by atoms with Gasteiger partial charge < -0.3 is 5.32 Å². The number of nitrogens with one attached hydrogen (secondary N) is 2. The van der Waals surface area contributed by atoms with Gasteiger partial charge in [0.2, 0.25) is 11.7 Å². The predicted octanol–water partition coefficient (Wildman–Crippen LogP) is 2.45. The van der Waals surface area contributed by atoms with Crippen molar-refractivity contribution in [3.63, 3.8) is 0 Å². The maximum Gasteiger partial charge on any atom is 0.224 e. The number of carbonyl (C=O) groups is 1. The predicted molar refractivity (Wildman–Crippen MR) is 93.4 cm³/mol. The Balaban J connectivity index is 1.57. The van der Waals surface area contributed by atoms with Crippen molar-refractivity contribution in [2.45, 2.75) is 17.9 Å². The number of hydrogen-bond acceptors (Lipinski definition) is 5. The summed E-state index contributed by atoms with van der Waals surface area (Å²) in [4.78, 5) is 13.3. The Morgan fingerprint density at radius 2 is 2.00 bits per heavy atom. The van der Waals surface area contributed by atoms with E-state index in [-0.39, 0.29) is 5.91 Å². The molecule has 0 radical (unpaired) electrons. The van der Waals surface area contributed by atoms with Crippen LogP contribution < -0.4 is 5.32 Å². The van der Waals surface area contributed by atoms with E-state index in [1.165, 1.54) is 4.90 Å². The minimum atomic E-state index is -0.00290. The lowest BCUT2D eigenvalue weighted by molar-refractivity contribution is -0.120. The zero-order valence-corrected chi connectivity index (χ0v) is 14.0. The Morgan fingerprint density at radius 1 is 1.17 bits per heavy atom. The van der Waals surface area contributed by atoms with Crippen LogP contribution in [0.15, 0.2) is 53.4 Å². The molecular formula is C17H17N5OS. The highest BCUT2D eigenvalue weighted by Crippen LogP contribution is 2.16. The summed E-state index contributed by atoms with van der Waals surface area (Å²) in [6, 6.07) is 15.8. The normalized spacial score (nSPS) is 10.5. The van der Waals surface area contributed by atoms with Gasteiger partial charge in [-0.1, -0.05) is 30.3 Å². The maximum absolute atomic E-state index is 12.1. The maximum atomic E-state index is 12.1. The molecule has 122 valence electrons. The first-order valence-corrected chi connectivity index (χ1v) is 8.69. The van der Waals surface area contributed by atoms with Crippen molar-refractivity contribution in [2.24, 2.45) is 0 Å². The lowest BCUT2D eigenvalue weighted by Crippen LogP contribution is -2.24. The largest absolute Gasteiger partial charge is 0.352 e. The van der Waals surface area contributed by atoms with Gasteiger partial charge in [0.15, 0.2) is 0 Å². The van der Waals surface area contributed by atoms with E-state index in [2.05, 4.69) is 25.9 Å². The van der Waals surface area contributed by atoms with Crippen molar-refractivity contribution in [3.05, 3.63) is 59.7 Å². The van der Waals surface area contributed by atoms with Gasteiger partial charge >= 0.3 is 0 Å². The van der Waals surface area contributed by atoms with Crippen LogP contribution in [0.2, 0.25) is 0 Å². The molecule has 0 atom stereocenters. The van der Waals surface area contributed by atoms with E-state index >= 15 is 0 Å². The molecule has 1 aromatic heterocycles. The molecular weight excluding hydrogens is 322 g/mol. The molecule has 24 heavy (non-hydrogen) atoms.